The van der Waals surface area contributed by atoms with E-state index in [-0.39, 0.29) is 24.4 Å². The van der Waals surface area contributed by atoms with Crippen LogP contribution in [-0.4, -0.2) is 52.8 Å². The Morgan fingerprint density at radius 2 is 1.76 bits per heavy atom. The van der Waals surface area contributed by atoms with Gasteiger partial charge in [0.25, 0.3) is 5.56 Å². The Kier molecular flexibility index (Phi) is 6.58. The van der Waals surface area contributed by atoms with Gasteiger partial charge in [0, 0.05) is 37.1 Å². The zero-order valence-corrected chi connectivity index (χ0v) is 19.3. The molecule has 8 nitrogen and oxygen atoms in total. The molecule has 1 N–H and O–H groups in total. The second-order valence-electron chi connectivity index (χ2n) is 8.14. The molecule has 0 radical (unpaired) electrons. The molecule has 0 unspecified atom stereocenters. The number of halogens is 1. The number of rotatable bonds is 6. The molecule has 1 fully saturated rings. The number of carbonyl (C=O) groups excluding carboxylic acids is 1. The van der Waals surface area contributed by atoms with Crippen LogP contribution in [0.5, 0.6) is 11.5 Å². The highest BCUT2D eigenvalue weighted by atomic mass is 35.5. The van der Waals surface area contributed by atoms with E-state index in [4.69, 9.17) is 21.1 Å². The van der Waals surface area contributed by atoms with Gasteiger partial charge in [-0.05, 0) is 36.6 Å². The molecule has 1 aliphatic rings. The minimum atomic E-state index is -0.972. The van der Waals surface area contributed by atoms with Gasteiger partial charge in [-0.2, -0.15) is 0 Å². The van der Waals surface area contributed by atoms with Gasteiger partial charge in [0.2, 0.25) is 5.91 Å². The number of fused-ring (bicyclic) bond motifs is 1. The SMILES string of the molecule is COc1cc2ncn(CCC(=O)N3CCC(O)(c4ccc(Cl)cc4)CC3)c(=O)c2cc1OC. The van der Waals surface area contributed by atoms with Gasteiger partial charge in [-0.1, -0.05) is 23.7 Å². The minimum Gasteiger partial charge on any atom is -0.493 e. The first-order valence-corrected chi connectivity index (χ1v) is 11.1. The summed E-state index contributed by atoms with van der Waals surface area (Å²) in [6.07, 6.45) is 2.50. The highest BCUT2D eigenvalue weighted by molar-refractivity contribution is 6.30. The van der Waals surface area contributed by atoms with Crippen LogP contribution in [0.15, 0.2) is 47.5 Å². The molecule has 1 aliphatic heterocycles. The number of hydrogen-bond donors (Lipinski definition) is 1. The van der Waals surface area contributed by atoms with Crippen LogP contribution in [-0.2, 0) is 16.9 Å². The van der Waals surface area contributed by atoms with Crippen LogP contribution in [0.25, 0.3) is 10.9 Å². The molecule has 3 aromatic rings. The number of hydrogen-bond acceptors (Lipinski definition) is 6. The van der Waals surface area contributed by atoms with Crippen molar-refractivity contribution in [3.05, 3.63) is 63.7 Å². The molecule has 2 aromatic carbocycles. The summed E-state index contributed by atoms with van der Waals surface area (Å²) in [5.74, 6) is 0.875. The van der Waals surface area contributed by atoms with E-state index in [1.54, 1.807) is 29.2 Å². The molecule has 33 heavy (non-hydrogen) atoms. The molecule has 1 aromatic heterocycles. The quantitative estimate of drug-likeness (QED) is 0.594. The molecule has 1 saturated heterocycles. The van der Waals surface area contributed by atoms with Gasteiger partial charge in [-0.25, -0.2) is 4.98 Å². The first kappa shape index (κ1) is 23.1. The van der Waals surface area contributed by atoms with Crippen LogP contribution >= 0.6 is 11.6 Å². The number of amides is 1. The van der Waals surface area contributed by atoms with Crippen molar-refractivity contribution in [3.8, 4) is 11.5 Å². The average Bonchev–Trinajstić information content (AvgIpc) is 2.83. The van der Waals surface area contributed by atoms with Gasteiger partial charge in [-0.15, -0.1) is 0 Å². The third kappa shape index (κ3) is 4.67. The van der Waals surface area contributed by atoms with E-state index in [1.807, 2.05) is 12.1 Å². The maximum Gasteiger partial charge on any atom is 0.261 e. The van der Waals surface area contributed by atoms with Crippen molar-refractivity contribution in [3.63, 3.8) is 0 Å². The van der Waals surface area contributed by atoms with E-state index >= 15 is 0 Å². The fourth-order valence-corrected chi connectivity index (χ4v) is 4.32. The Morgan fingerprint density at radius 1 is 1.12 bits per heavy atom. The van der Waals surface area contributed by atoms with Crippen molar-refractivity contribution >= 4 is 28.4 Å². The first-order valence-electron chi connectivity index (χ1n) is 10.7. The summed E-state index contributed by atoms with van der Waals surface area (Å²) < 4.78 is 12.0. The fourth-order valence-electron chi connectivity index (χ4n) is 4.19. The second kappa shape index (κ2) is 9.41. The Morgan fingerprint density at radius 3 is 2.39 bits per heavy atom. The topological polar surface area (TPSA) is 93.9 Å². The fraction of sp³-hybridized carbons (Fsp3) is 0.375. The summed E-state index contributed by atoms with van der Waals surface area (Å²) in [6, 6.07) is 10.4. The number of piperidine rings is 1. The van der Waals surface area contributed by atoms with Crippen LogP contribution in [0.2, 0.25) is 5.02 Å². The molecule has 4 rings (SSSR count). The summed E-state index contributed by atoms with van der Waals surface area (Å²) in [5, 5.41) is 12.0. The summed E-state index contributed by atoms with van der Waals surface area (Å²) in [6.45, 7) is 1.10. The standard InChI is InChI=1S/C24H26ClN3O5/c1-32-20-13-18-19(14-21(20)33-2)26-15-28(23(18)30)10-7-22(29)27-11-8-24(31,9-12-27)16-3-5-17(25)6-4-16/h3-6,13-15,31H,7-12H2,1-2H3. The lowest BCUT2D eigenvalue weighted by atomic mass is 9.84. The van der Waals surface area contributed by atoms with Gasteiger partial charge in [0.15, 0.2) is 11.5 Å². The average molecular weight is 472 g/mol. The van der Waals surface area contributed by atoms with Crippen molar-refractivity contribution in [1.29, 1.82) is 0 Å². The van der Waals surface area contributed by atoms with Crippen LogP contribution in [0, 0.1) is 0 Å². The number of likely N-dealkylation sites (tertiary alicyclic amines) is 1. The lowest BCUT2D eigenvalue weighted by Gasteiger charge is -2.38. The second-order valence-corrected chi connectivity index (χ2v) is 8.57. The molecule has 0 saturated carbocycles. The van der Waals surface area contributed by atoms with Crippen LogP contribution in [0.3, 0.4) is 0 Å². The summed E-state index contributed by atoms with van der Waals surface area (Å²) in [4.78, 5) is 31.8. The molecule has 0 aliphatic carbocycles. The normalized spacial score (nSPS) is 15.5. The maximum atomic E-state index is 12.9. The minimum absolute atomic E-state index is 0.0625. The maximum absolute atomic E-state index is 12.9. The van der Waals surface area contributed by atoms with Crippen LogP contribution < -0.4 is 15.0 Å². The molecule has 0 atom stereocenters. The van der Waals surface area contributed by atoms with E-state index in [9.17, 15) is 14.7 Å². The number of methoxy groups -OCH3 is 2. The molecular weight excluding hydrogens is 446 g/mol. The zero-order chi connectivity index (χ0) is 23.6. The largest absolute Gasteiger partial charge is 0.493 e. The lowest BCUT2D eigenvalue weighted by Crippen LogP contribution is -2.45. The third-order valence-electron chi connectivity index (χ3n) is 6.22. The van der Waals surface area contributed by atoms with Gasteiger partial charge >= 0.3 is 0 Å². The van der Waals surface area contributed by atoms with Gasteiger partial charge in [0.05, 0.1) is 37.1 Å². The predicted octanol–water partition coefficient (Wildman–Crippen LogP) is 2.97. The Labute approximate surface area is 196 Å². The number of aromatic nitrogens is 2. The highest BCUT2D eigenvalue weighted by Gasteiger charge is 2.35. The van der Waals surface area contributed by atoms with E-state index in [0.717, 1.165) is 5.56 Å². The van der Waals surface area contributed by atoms with Crippen molar-refractivity contribution in [2.75, 3.05) is 27.3 Å². The molecular formula is C24H26ClN3O5. The van der Waals surface area contributed by atoms with Crippen LogP contribution in [0.1, 0.15) is 24.8 Å². The molecule has 2 heterocycles. The van der Waals surface area contributed by atoms with E-state index in [2.05, 4.69) is 4.98 Å². The monoisotopic (exact) mass is 471 g/mol. The van der Waals surface area contributed by atoms with Crippen molar-refractivity contribution in [1.82, 2.24) is 14.5 Å². The van der Waals surface area contributed by atoms with Gasteiger partial charge < -0.3 is 19.5 Å². The van der Waals surface area contributed by atoms with E-state index in [1.165, 1.54) is 25.1 Å². The predicted molar refractivity (Wildman–Crippen MR) is 125 cm³/mol. The number of benzene rings is 2. The third-order valence-corrected chi connectivity index (χ3v) is 6.47. The van der Waals surface area contributed by atoms with Crippen molar-refractivity contribution < 1.29 is 19.4 Å². The molecule has 1 amide bonds. The van der Waals surface area contributed by atoms with E-state index < -0.39 is 5.60 Å². The summed E-state index contributed by atoms with van der Waals surface area (Å²) in [7, 11) is 3.03. The number of carbonyl (C=O) groups is 1. The number of nitrogens with zero attached hydrogens (tertiary/aromatic N) is 3. The summed E-state index contributed by atoms with van der Waals surface area (Å²) in [5.41, 5.74) is 0.0860. The molecule has 174 valence electrons. The van der Waals surface area contributed by atoms with Gasteiger partial charge in [-0.3, -0.25) is 14.2 Å². The van der Waals surface area contributed by atoms with Gasteiger partial charge in [0.1, 0.15) is 0 Å². The van der Waals surface area contributed by atoms with Crippen molar-refractivity contribution in [2.24, 2.45) is 0 Å². The summed E-state index contributed by atoms with van der Waals surface area (Å²) >= 11 is 5.94. The van der Waals surface area contributed by atoms with Crippen LogP contribution in [0.4, 0.5) is 0 Å². The highest BCUT2D eigenvalue weighted by Crippen LogP contribution is 2.33. The van der Waals surface area contributed by atoms with Crippen molar-refractivity contribution in [2.45, 2.75) is 31.4 Å². The number of aryl methyl sites for hydroxylation is 1. The molecule has 0 spiro atoms. The molecule has 9 heteroatoms. The lowest BCUT2D eigenvalue weighted by molar-refractivity contribution is -0.136. The Balaban J connectivity index is 1.41. The molecule has 0 bridgehead atoms. The number of aliphatic hydroxyl groups is 1. The first-order chi connectivity index (χ1) is 15.8. The van der Waals surface area contributed by atoms with E-state index in [0.29, 0.717) is 53.4 Å². The Hall–Kier alpha value is -3.10. The smallest absolute Gasteiger partial charge is 0.261 e. The zero-order valence-electron chi connectivity index (χ0n) is 18.6. The Bertz CT molecular complexity index is 1220. The number of ether oxygens (including phenoxy) is 2.